The summed E-state index contributed by atoms with van der Waals surface area (Å²) in [5.41, 5.74) is 0.547. The molecule has 2 aliphatic heterocycles. The van der Waals surface area contributed by atoms with E-state index >= 15 is 0 Å². The van der Waals surface area contributed by atoms with Gasteiger partial charge in [-0.05, 0) is 50.0 Å². The highest BCUT2D eigenvalue weighted by molar-refractivity contribution is 5.25. The van der Waals surface area contributed by atoms with Gasteiger partial charge in [0.1, 0.15) is 0 Å². The predicted octanol–water partition coefficient (Wildman–Crippen LogP) is 2.91. The van der Waals surface area contributed by atoms with Gasteiger partial charge >= 0.3 is 0 Å². The van der Waals surface area contributed by atoms with Crippen LogP contribution in [0.2, 0.25) is 0 Å². The molecule has 1 N–H and O–H groups in total. The third kappa shape index (κ3) is 2.11. The van der Waals surface area contributed by atoms with Crippen molar-refractivity contribution in [2.24, 2.45) is 5.92 Å². The van der Waals surface area contributed by atoms with E-state index in [1.807, 2.05) is 18.2 Å². The van der Waals surface area contributed by atoms with Gasteiger partial charge in [-0.2, -0.15) is 0 Å². The molecule has 0 aromatic heterocycles. The first-order valence-electron chi connectivity index (χ1n) is 7.78. The Labute approximate surface area is 115 Å². The van der Waals surface area contributed by atoms with E-state index in [9.17, 15) is 5.11 Å². The number of nitrogens with zero attached hydrogens (tertiary/aromatic N) is 1. The van der Waals surface area contributed by atoms with Crippen molar-refractivity contribution in [2.45, 2.75) is 56.2 Å². The van der Waals surface area contributed by atoms with Crippen LogP contribution in [0.4, 0.5) is 0 Å². The molecule has 3 aliphatic rings. The summed E-state index contributed by atoms with van der Waals surface area (Å²) in [6.45, 7) is 1.29. The molecule has 2 heteroatoms. The van der Waals surface area contributed by atoms with Crippen molar-refractivity contribution in [1.29, 1.82) is 0 Å². The molecule has 3 fully saturated rings. The van der Waals surface area contributed by atoms with E-state index in [1.165, 1.54) is 32.2 Å². The SMILES string of the molecule is OC1(c2ccccc2)C[C@H]2CC[C@@H](C1)N2CC1CC1. The first kappa shape index (κ1) is 11.9. The highest BCUT2D eigenvalue weighted by atomic mass is 16.3. The van der Waals surface area contributed by atoms with Crippen LogP contribution in [0, 0.1) is 5.92 Å². The largest absolute Gasteiger partial charge is 0.385 e. The second-order valence-corrected chi connectivity index (χ2v) is 6.83. The molecule has 102 valence electrons. The summed E-state index contributed by atoms with van der Waals surface area (Å²) in [6, 6.07) is 11.5. The molecule has 1 unspecified atom stereocenters. The van der Waals surface area contributed by atoms with Gasteiger partial charge in [0.2, 0.25) is 0 Å². The molecule has 1 aromatic carbocycles. The van der Waals surface area contributed by atoms with Crippen LogP contribution >= 0.6 is 0 Å². The van der Waals surface area contributed by atoms with Crippen molar-refractivity contribution in [3.63, 3.8) is 0 Å². The van der Waals surface area contributed by atoms with E-state index in [4.69, 9.17) is 0 Å². The van der Waals surface area contributed by atoms with Crippen molar-refractivity contribution in [3.8, 4) is 0 Å². The molecular formula is C17H23NO. The lowest BCUT2D eigenvalue weighted by atomic mass is 9.80. The number of rotatable bonds is 3. The molecule has 4 rings (SSSR count). The minimum atomic E-state index is -0.576. The lowest BCUT2D eigenvalue weighted by Crippen LogP contribution is -2.50. The summed E-state index contributed by atoms with van der Waals surface area (Å²) in [7, 11) is 0. The Kier molecular flexibility index (Phi) is 2.71. The molecular weight excluding hydrogens is 234 g/mol. The van der Waals surface area contributed by atoms with E-state index in [0.29, 0.717) is 12.1 Å². The molecule has 0 radical (unpaired) electrons. The first-order valence-corrected chi connectivity index (χ1v) is 7.78. The van der Waals surface area contributed by atoms with Gasteiger partial charge in [-0.3, -0.25) is 4.90 Å². The zero-order valence-corrected chi connectivity index (χ0v) is 11.5. The minimum absolute atomic E-state index is 0.576. The number of benzene rings is 1. The Morgan fingerprint density at radius 1 is 1.00 bits per heavy atom. The molecule has 2 heterocycles. The molecule has 1 aliphatic carbocycles. The van der Waals surface area contributed by atoms with E-state index in [-0.39, 0.29) is 0 Å². The predicted molar refractivity (Wildman–Crippen MR) is 75.8 cm³/mol. The van der Waals surface area contributed by atoms with E-state index in [1.54, 1.807) is 0 Å². The van der Waals surface area contributed by atoms with E-state index in [2.05, 4.69) is 17.0 Å². The Hall–Kier alpha value is -0.860. The zero-order chi connectivity index (χ0) is 12.9. The van der Waals surface area contributed by atoms with Crippen LogP contribution in [-0.2, 0) is 5.60 Å². The molecule has 19 heavy (non-hydrogen) atoms. The van der Waals surface area contributed by atoms with Crippen LogP contribution in [0.25, 0.3) is 0 Å². The second kappa shape index (κ2) is 4.32. The average Bonchev–Trinajstić information content (AvgIpc) is 3.20. The van der Waals surface area contributed by atoms with Crippen molar-refractivity contribution < 1.29 is 5.11 Å². The van der Waals surface area contributed by atoms with Crippen LogP contribution in [0.15, 0.2) is 30.3 Å². The lowest BCUT2D eigenvalue weighted by molar-refractivity contribution is -0.0580. The van der Waals surface area contributed by atoms with Crippen LogP contribution in [0.3, 0.4) is 0 Å². The van der Waals surface area contributed by atoms with Gasteiger partial charge in [-0.25, -0.2) is 0 Å². The fourth-order valence-corrected chi connectivity index (χ4v) is 4.20. The number of hydrogen-bond acceptors (Lipinski definition) is 2. The first-order chi connectivity index (χ1) is 9.24. The Morgan fingerprint density at radius 2 is 1.63 bits per heavy atom. The summed E-state index contributed by atoms with van der Waals surface area (Å²) in [5.74, 6) is 0.964. The standard InChI is InChI=1S/C17H23NO/c19-17(14-4-2-1-3-5-14)10-15-8-9-16(11-17)18(15)12-13-6-7-13/h1-5,13,15-16,19H,6-12H2/t15-,16+,17?. The number of hydrogen-bond donors (Lipinski definition) is 1. The van der Waals surface area contributed by atoms with E-state index in [0.717, 1.165) is 24.3 Å². The number of fused-ring (bicyclic) bond motifs is 2. The Bertz CT molecular complexity index is 440. The average molecular weight is 257 g/mol. The van der Waals surface area contributed by atoms with Crippen molar-refractivity contribution >= 4 is 0 Å². The number of aliphatic hydroxyl groups is 1. The molecule has 3 atom stereocenters. The Morgan fingerprint density at radius 3 is 2.21 bits per heavy atom. The molecule has 2 saturated heterocycles. The molecule has 0 spiro atoms. The quantitative estimate of drug-likeness (QED) is 0.900. The van der Waals surface area contributed by atoms with E-state index < -0.39 is 5.60 Å². The summed E-state index contributed by atoms with van der Waals surface area (Å²) >= 11 is 0. The molecule has 1 saturated carbocycles. The monoisotopic (exact) mass is 257 g/mol. The maximum atomic E-state index is 11.1. The minimum Gasteiger partial charge on any atom is -0.385 e. The summed E-state index contributed by atoms with van der Waals surface area (Å²) in [4.78, 5) is 2.72. The third-order valence-corrected chi connectivity index (χ3v) is 5.39. The second-order valence-electron chi connectivity index (χ2n) is 6.83. The highest BCUT2D eigenvalue weighted by Crippen LogP contribution is 2.47. The van der Waals surface area contributed by atoms with Gasteiger partial charge in [0.25, 0.3) is 0 Å². The normalized spacial score (nSPS) is 38.6. The van der Waals surface area contributed by atoms with Crippen LogP contribution < -0.4 is 0 Å². The van der Waals surface area contributed by atoms with Gasteiger partial charge in [-0.15, -0.1) is 0 Å². The van der Waals surface area contributed by atoms with Gasteiger partial charge in [0, 0.05) is 18.6 Å². The van der Waals surface area contributed by atoms with Gasteiger partial charge < -0.3 is 5.11 Å². The summed E-state index contributed by atoms with van der Waals surface area (Å²) < 4.78 is 0. The van der Waals surface area contributed by atoms with Crippen molar-refractivity contribution in [1.82, 2.24) is 4.90 Å². The molecule has 2 nitrogen and oxygen atoms in total. The number of piperidine rings is 1. The van der Waals surface area contributed by atoms with Crippen LogP contribution in [0.5, 0.6) is 0 Å². The lowest BCUT2D eigenvalue weighted by Gasteiger charge is -2.44. The van der Waals surface area contributed by atoms with Gasteiger partial charge in [0.15, 0.2) is 0 Å². The Balaban J connectivity index is 1.56. The van der Waals surface area contributed by atoms with Crippen molar-refractivity contribution in [3.05, 3.63) is 35.9 Å². The molecule has 0 amide bonds. The maximum absolute atomic E-state index is 11.1. The fraction of sp³-hybridized carbons (Fsp3) is 0.647. The topological polar surface area (TPSA) is 23.5 Å². The zero-order valence-electron chi connectivity index (χ0n) is 11.5. The van der Waals surface area contributed by atoms with Gasteiger partial charge in [0.05, 0.1) is 5.60 Å². The molecule has 2 bridgehead atoms. The fourth-order valence-electron chi connectivity index (χ4n) is 4.20. The van der Waals surface area contributed by atoms with Crippen molar-refractivity contribution in [2.75, 3.05) is 6.54 Å². The van der Waals surface area contributed by atoms with Gasteiger partial charge in [-0.1, -0.05) is 30.3 Å². The highest BCUT2D eigenvalue weighted by Gasteiger charge is 2.48. The smallest absolute Gasteiger partial charge is 0.0926 e. The summed E-state index contributed by atoms with van der Waals surface area (Å²) in [5, 5.41) is 11.1. The molecule has 1 aromatic rings. The van der Waals surface area contributed by atoms with Crippen LogP contribution in [-0.4, -0.2) is 28.6 Å². The maximum Gasteiger partial charge on any atom is 0.0926 e. The summed E-state index contributed by atoms with van der Waals surface area (Å²) in [6.07, 6.45) is 7.29. The van der Waals surface area contributed by atoms with Crippen LogP contribution in [0.1, 0.15) is 44.1 Å². The third-order valence-electron chi connectivity index (χ3n) is 5.39.